The molecule has 0 aliphatic carbocycles. The van der Waals surface area contributed by atoms with Crippen molar-refractivity contribution in [2.24, 2.45) is 0 Å². The van der Waals surface area contributed by atoms with E-state index in [1.165, 1.54) is 6.08 Å². The van der Waals surface area contributed by atoms with Crippen molar-refractivity contribution in [3.05, 3.63) is 48.6 Å². The Labute approximate surface area is 95.7 Å². The lowest BCUT2D eigenvalue weighted by atomic mass is 10.1. The van der Waals surface area contributed by atoms with Crippen LogP contribution in [0.25, 0.3) is 0 Å². The van der Waals surface area contributed by atoms with Gasteiger partial charge in [-0.25, -0.2) is 13.1 Å². The van der Waals surface area contributed by atoms with Crippen molar-refractivity contribution in [2.45, 2.75) is 6.10 Å². The molecule has 0 aliphatic heterocycles. The zero-order chi connectivity index (χ0) is 12.0. The highest BCUT2D eigenvalue weighted by atomic mass is 32.2. The van der Waals surface area contributed by atoms with Gasteiger partial charge < -0.3 is 5.11 Å². The molecule has 1 aromatic rings. The van der Waals surface area contributed by atoms with E-state index >= 15 is 0 Å². The normalized spacial score (nSPS) is 13.3. The number of sulfonamides is 1. The molecule has 0 aromatic heterocycles. The fraction of sp³-hybridized carbons (Fsp3) is 0.273. The van der Waals surface area contributed by atoms with Crippen LogP contribution in [0.4, 0.5) is 0 Å². The lowest BCUT2D eigenvalue weighted by Crippen LogP contribution is -2.29. The lowest BCUT2D eigenvalue weighted by molar-refractivity contribution is 0.182. The Balaban J connectivity index is 2.54. The molecule has 0 heterocycles. The third kappa shape index (κ3) is 4.14. The van der Waals surface area contributed by atoms with E-state index in [2.05, 4.69) is 11.3 Å². The minimum absolute atomic E-state index is 0.0276. The van der Waals surface area contributed by atoms with Gasteiger partial charge in [-0.2, -0.15) is 0 Å². The van der Waals surface area contributed by atoms with Crippen LogP contribution in [0, 0.1) is 0 Å². The fourth-order valence-corrected chi connectivity index (χ4v) is 2.05. The molecule has 1 atom stereocenters. The van der Waals surface area contributed by atoms with Gasteiger partial charge in [0, 0.05) is 6.54 Å². The van der Waals surface area contributed by atoms with Crippen molar-refractivity contribution in [3.8, 4) is 0 Å². The summed E-state index contributed by atoms with van der Waals surface area (Å²) in [7, 11) is -3.36. The molecule has 1 unspecified atom stereocenters. The van der Waals surface area contributed by atoms with E-state index < -0.39 is 16.1 Å². The number of aliphatic hydroxyl groups excluding tert-OH is 1. The van der Waals surface area contributed by atoms with E-state index in [-0.39, 0.29) is 12.3 Å². The van der Waals surface area contributed by atoms with Crippen LogP contribution >= 0.6 is 0 Å². The van der Waals surface area contributed by atoms with E-state index in [1.54, 1.807) is 24.3 Å². The summed E-state index contributed by atoms with van der Waals surface area (Å²) in [5, 5.41) is 9.70. The smallest absolute Gasteiger partial charge is 0.215 e. The van der Waals surface area contributed by atoms with Crippen molar-refractivity contribution >= 4 is 10.0 Å². The first kappa shape index (κ1) is 12.9. The van der Waals surface area contributed by atoms with E-state index in [4.69, 9.17) is 0 Å². The van der Waals surface area contributed by atoms with Gasteiger partial charge in [-0.15, -0.1) is 6.58 Å². The number of hydrogen-bond acceptors (Lipinski definition) is 3. The highest BCUT2D eigenvalue weighted by Crippen LogP contribution is 2.10. The predicted molar refractivity (Wildman–Crippen MR) is 63.4 cm³/mol. The van der Waals surface area contributed by atoms with Crippen LogP contribution in [0.1, 0.15) is 11.7 Å². The molecule has 0 spiro atoms. The summed E-state index contributed by atoms with van der Waals surface area (Å²) in [4.78, 5) is 0. The second-order valence-electron chi connectivity index (χ2n) is 3.35. The van der Waals surface area contributed by atoms with Gasteiger partial charge in [-0.1, -0.05) is 36.4 Å². The van der Waals surface area contributed by atoms with Gasteiger partial charge in [-0.05, 0) is 5.56 Å². The first-order valence-corrected chi connectivity index (χ1v) is 6.51. The summed E-state index contributed by atoms with van der Waals surface area (Å²) in [6.45, 7) is 3.32. The zero-order valence-electron chi connectivity index (χ0n) is 8.83. The SMILES string of the molecule is C=CCS(=O)(=O)NCC(O)c1ccccc1. The monoisotopic (exact) mass is 241 g/mol. The van der Waals surface area contributed by atoms with Crippen LogP contribution < -0.4 is 4.72 Å². The van der Waals surface area contributed by atoms with E-state index in [0.717, 1.165) is 0 Å². The number of benzene rings is 1. The van der Waals surface area contributed by atoms with Crippen LogP contribution in [0.15, 0.2) is 43.0 Å². The Morgan fingerprint density at radius 3 is 2.56 bits per heavy atom. The van der Waals surface area contributed by atoms with Crippen molar-refractivity contribution in [3.63, 3.8) is 0 Å². The van der Waals surface area contributed by atoms with Crippen molar-refractivity contribution < 1.29 is 13.5 Å². The topological polar surface area (TPSA) is 66.4 Å². The molecule has 0 bridgehead atoms. The van der Waals surface area contributed by atoms with Gasteiger partial charge in [0.2, 0.25) is 10.0 Å². The Morgan fingerprint density at radius 1 is 1.38 bits per heavy atom. The van der Waals surface area contributed by atoms with Crippen LogP contribution in [0.2, 0.25) is 0 Å². The Morgan fingerprint density at radius 2 is 2.00 bits per heavy atom. The molecule has 16 heavy (non-hydrogen) atoms. The quantitative estimate of drug-likeness (QED) is 0.725. The zero-order valence-corrected chi connectivity index (χ0v) is 9.65. The summed E-state index contributed by atoms with van der Waals surface area (Å²) >= 11 is 0. The van der Waals surface area contributed by atoms with Crippen LogP contribution in [0.3, 0.4) is 0 Å². The third-order valence-corrected chi connectivity index (χ3v) is 3.30. The molecule has 1 rings (SSSR count). The maximum atomic E-state index is 11.3. The predicted octanol–water partition coefficient (Wildman–Crippen LogP) is 0.825. The molecule has 0 radical (unpaired) electrons. The number of rotatable bonds is 6. The molecule has 0 aliphatic rings. The van der Waals surface area contributed by atoms with Gasteiger partial charge in [0.05, 0.1) is 11.9 Å². The van der Waals surface area contributed by atoms with E-state index in [9.17, 15) is 13.5 Å². The maximum absolute atomic E-state index is 11.3. The Hall–Kier alpha value is -1.17. The first-order chi connectivity index (χ1) is 7.55. The maximum Gasteiger partial charge on any atom is 0.215 e. The second-order valence-corrected chi connectivity index (χ2v) is 5.20. The van der Waals surface area contributed by atoms with Gasteiger partial charge in [0.25, 0.3) is 0 Å². The largest absolute Gasteiger partial charge is 0.387 e. The summed E-state index contributed by atoms with van der Waals surface area (Å²) in [6.07, 6.45) is 0.470. The van der Waals surface area contributed by atoms with Crippen molar-refractivity contribution in [2.75, 3.05) is 12.3 Å². The van der Waals surface area contributed by atoms with E-state index in [1.807, 2.05) is 6.07 Å². The third-order valence-electron chi connectivity index (χ3n) is 2.02. The average molecular weight is 241 g/mol. The fourth-order valence-electron chi connectivity index (χ4n) is 1.21. The van der Waals surface area contributed by atoms with Crippen molar-refractivity contribution in [1.82, 2.24) is 4.72 Å². The molecule has 0 fully saturated rings. The molecule has 1 aromatic carbocycles. The highest BCUT2D eigenvalue weighted by Gasteiger charge is 2.12. The molecular weight excluding hydrogens is 226 g/mol. The second kappa shape index (κ2) is 5.79. The van der Waals surface area contributed by atoms with Crippen LogP contribution in [0.5, 0.6) is 0 Å². The molecule has 5 heteroatoms. The highest BCUT2D eigenvalue weighted by molar-refractivity contribution is 7.89. The molecule has 88 valence electrons. The van der Waals surface area contributed by atoms with Gasteiger partial charge in [0.1, 0.15) is 0 Å². The molecule has 0 amide bonds. The molecule has 0 saturated carbocycles. The van der Waals surface area contributed by atoms with Gasteiger partial charge in [0.15, 0.2) is 0 Å². The summed E-state index contributed by atoms with van der Waals surface area (Å²) in [5.74, 6) is -0.144. The minimum Gasteiger partial charge on any atom is -0.387 e. The lowest BCUT2D eigenvalue weighted by Gasteiger charge is -2.11. The molecule has 0 saturated heterocycles. The number of nitrogens with one attached hydrogen (secondary N) is 1. The number of aliphatic hydroxyl groups is 1. The summed E-state index contributed by atoms with van der Waals surface area (Å²) in [5.41, 5.74) is 0.684. The Bertz CT molecular complexity index is 428. The van der Waals surface area contributed by atoms with Gasteiger partial charge in [-0.3, -0.25) is 0 Å². The molecular formula is C11H15NO3S. The standard InChI is InChI=1S/C11H15NO3S/c1-2-8-16(14,15)12-9-11(13)10-6-4-3-5-7-10/h2-7,11-13H,1,8-9H2. The first-order valence-electron chi connectivity index (χ1n) is 4.86. The van der Waals surface area contributed by atoms with Crippen LogP contribution in [-0.2, 0) is 10.0 Å². The minimum atomic E-state index is -3.36. The van der Waals surface area contributed by atoms with E-state index in [0.29, 0.717) is 5.56 Å². The van der Waals surface area contributed by atoms with Gasteiger partial charge >= 0.3 is 0 Å². The summed E-state index contributed by atoms with van der Waals surface area (Å²) < 4.78 is 24.9. The molecule has 4 nitrogen and oxygen atoms in total. The summed E-state index contributed by atoms with van der Waals surface area (Å²) in [6, 6.07) is 8.89. The Kier molecular flexibility index (Phi) is 4.67. The average Bonchev–Trinajstić information content (AvgIpc) is 2.27. The van der Waals surface area contributed by atoms with Crippen molar-refractivity contribution in [1.29, 1.82) is 0 Å². The molecule has 2 N–H and O–H groups in total. The van der Waals surface area contributed by atoms with Crippen LogP contribution in [-0.4, -0.2) is 25.8 Å². The number of hydrogen-bond donors (Lipinski definition) is 2.